The van der Waals surface area contributed by atoms with Crippen molar-refractivity contribution in [2.75, 3.05) is 0 Å². The topological polar surface area (TPSA) is 0 Å². The molecular weight excluding hydrogens is 149 g/mol. The first-order valence-corrected chi connectivity index (χ1v) is 2.15. The third-order valence-corrected chi connectivity index (χ3v) is 0.864. The Hall–Kier alpha value is 0.430. The first-order valence-electron chi connectivity index (χ1n) is 1.31. The van der Waals surface area contributed by atoms with Crippen LogP contribution in [0.5, 0.6) is 0 Å². The monoisotopic (exact) mass is 149 g/mol. The fourth-order valence-electron chi connectivity index (χ4n) is 0. The van der Waals surface area contributed by atoms with E-state index in [9.17, 15) is 13.2 Å². The first kappa shape index (κ1) is 7.43. The Balaban J connectivity index is 3.54. The second-order valence-electron chi connectivity index (χ2n) is 0.862. The van der Waals surface area contributed by atoms with E-state index in [2.05, 4.69) is 24.2 Å². The molecule has 0 aromatic rings. The molecule has 0 nitrogen and oxygen atoms in total. The van der Waals surface area contributed by atoms with Gasteiger partial charge in [-0.1, -0.05) is 11.6 Å². The van der Waals surface area contributed by atoms with Crippen molar-refractivity contribution in [1.82, 2.24) is 0 Å². The molecule has 0 aromatic carbocycles. The zero-order valence-electron chi connectivity index (χ0n) is 3.00. The Labute approximate surface area is 49.1 Å². The van der Waals surface area contributed by atoms with E-state index in [1.54, 1.807) is 0 Å². The van der Waals surface area contributed by atoms with Crippen molar-refractivity contribution < 1.29 is 13.2 Å². The van der Waals surface area contributed by atoms with Gasteiger partial charge in [-0.3, -0.25) is 0 Å². The lowest BCUT2D eigenvalue weighted by atomic mass is 10.8. The van der Waals surface area contributed by atoms with E-state index in [0.29, 0.717) is 0 Å². The largest absolute Gasteiger partial charge is 0.347 e. The maximum absolute atomic E-state index is 11.2. The summed E-state index contributed by atoms with van der Waals surface area (Å²) in [5, 5.41) is -3.82. The molecule has 1 atom stereocenters. The van der Waals surface area contributed by atoms with Crippen LogP contribution in [0.25, 0.3) is 0 Å². The molecule has 0 heterocycles. The van der Waals surface area contributed by atoms with E-state index in [-0.39, 0.29) is 0 Å². The average Bonchev–Trinajstić information content (AvgIpc) is 1.31. The van der Waals surface area contributed by atoms with E-state index >= 15 is 0 Å². The molecule has 0 N–H and O–H groups in total. The predicted molar refractivity (Wildman–Crippen MR) is 23.3 cm³/mol. The molecule has 5 heteroatoms. The van der Waals surface area contributed by atoms with Gasteiger partial charge in [-0.2, -0.15) is 8.78 Å². The normalized spacial score (nSPS) is 16.7. The van der Waals surface area contributed by atoms with Crippen molar-refractivity contribution in [3.63, 3.8) is 0 Å². The lowest BCUT2D eigenvalue weighted by Gasteiger charge is -2.04. The molecule has 1 radical (unpaired) electrons. The van der Waals surface area contributed by atoms with Gasteiger partial charge >= 0.3 is 5.25 Å². The van der Waals surface area contributed by atoms with Crippen molar-refractivity contribution in [2.24, 2.45) is 0 Å². The standard InChI is InChI=1S/C2HClF3S/c3-1(4)2(5,6)7/h1H. The van der Waals surface area contributed by atoms with E-state index in [1.807, 2.05) is 0 Å². The molecule has 0 rings (SSSR count). The van der Waals surface area contributed by atoms with Crippen molar-refractivity contribution in [3.8, 4) is 0 Å². The number of hydrogen-bond donors (Lipinski definition) is 0. The summed E-state index contributed by atoms with van der Waals surface area (Å²) in [6.07, 6.45) is 0. The molecule has 0 saturated carbocycles. The van der Waals surface area contributed by atoms with E-state index in [0.717, 1.165) is 0 Å². The molecule has 0 spiro atoms. The highest BCUT2D eigenvalue weighted by Crippen LogP contribution is 2.27. The fraction of sp³-hybridized carbons (Fsp3) is 1.00. The summed E-state index contributed by atoms with van der Waals surface area (Å²) < 4.78 is 33.4. The molecule has 0 amide bonds. The van der Waals surface area contributed by atoms with E-state index < -0.39 is 10.9 Å². The van der Waals surface area contributed by atoms with Gasteiger partial charge < -0.3 is 0 Å². The van der Waals surface area contributed by atoms with Gasteiger partial charge in [0.15, 0.2) is 0 Å². The van der Waals surface area contributed by atoms with Crippen LogP contribution >= 0.6 is 24.2 Å². The minimum absolute atomic E-state index is 2.75. The molecular formula is C2HClF3S. The second kappa shape index (κ2) is 2.13. The van der Waals surface area contributed by atoms with Crippen molar-refractivity contribution in [2.45, 2.75) is 10.9 Å². The zero-order valence-corrected chi connectivity index (χ0v) is 4.57. The molecule has 0 aliphatic rings. The molecule has 43 valence electrons. The summed E-state index contributed by atoms with van der Waals surface area (Å²) in [6, 6.07) is 0. The van der Waals surface area contributed by atoms with Crippen LogP contribution in [0, 0.1) is 0 Å². The first-order chi connectivity index (χ1) is 2.94. The van der Waals surface area contributed by atoms with Crippen LogP contribution in [0.2, 0.25) is 0 Å². The van der Waals surface area contributed by atoms with Gasteiger partial charge in [0, 0.05) is 0 Å². The number of halogens is 4. The SMILES string of the molecule is FC(Cl)C(F)(F)[S]. The van der Waals surface area contributed by atoms with E-state index in [1.165, 1.54) is 0 Å². The quantitative estimate of drug-likeness (QED) is 0.502. The Morgan fingerprint density at radius 1 is 1.57 bits per heavy atom. The average molecular weight is 150 g/mol. The van der Waals surface area contributed by atoms with Gasteiger partial charge in [-0.05, 0) is 12.6 Å². The molecule has 0 aliphatic heterocycles. The molecule has 0 aliphatic carbocycles. The summed E-state index contributed by atoms with van der Waals surface area (Å²) in [4.78, 5) is 0. The number of rotatable bonds is 1. The van der Waals surface area contributed by atoms with Crippen LogP contribution in [-0.2, 0) is 0 Å². The van der Waals surface area contributed by atoms with Crippen LogP contribution in [0.15, 0.2) is 0 Å². The maximum Gasteiger partial charge on any atom is 0.347 e. The Morgan fingerprint density at radius 3 is 1.71 bits per heavy atom. The van der Waals surface area contributed by atoms with Crippen molar-refractivity contribution in [1.29, 1.82) is 0 Å². The van der Waals surface area contributed by atoms with Crippen molar-refractivity contribution in [3.05, 3.63) is 0 Å². The van der Waals surface area contributed by atoms with Gasteiger partial charge in [0.2, 0.25) is 5.63 Å². The number of hydrogen-bond acceptors (Lipinski definition) is 0. The molecule has 0 saturated heterocycles. The van der Waals surface area contributed by atoms with Crippen LogP contribution < -0.4 is 0 Å². The van der Waals surface area contributed by atoms with Crippen LogP contribution in [0.3, 0.4) is 0 Å². The Kier molecular flexibility index (Phi) is 2.26. The summed E-state index contributed by atoms with van der Waals surface area (Å²) in [7, 11) is 0. The highest BCUT2D eigenvalue weighted by Gasteiger charge is 2.34. The molecule has 1 unspecified atom stereocenters. The summed E-state index contributed by atoms with van der Waals surface area (Å²) in [5.74, 6) is 0. The molecule has 0 aromatic heterocycles. The van der Waals surface area contributed by atoms with Crippen LogP contribution in [0.4, 0.5) is 13.2 Å². The van der Waals surface area contributed by atoms with Gasteiger partial charge in [0.05, 0.1) is 0 Å². The molecule has 7 heavy (non-hydrogen) atoms. The third-order valence-electron chi connectivity index (χ3n) is 0.254. The second-order valence-corrected chi connectivity index (χ2v) is 1.79. The summed E-state index contributed by atoms with van der Waals surface area (Å²) in [6.45, 7) is 0. The lowest BCUT2D eigenvalue weighted by Crippen LogP contribution is -2.16. The maximum atomic E-state index is 11.2. The highest BCUT2D eigenvalue weighted by molar-refractivity contribution is 7.81. The van der Waals surface area contributed by atoms with Crippen LogP contribution in [-0.4, -0.2) is 10.9 Å². The summed E-state index contributed by atoms with van der Waals surface area (Å²) in [5.41, 5.74) is -2.75. The zero-order chi connectivity index (χ0) is 6.08. The predicted octanol–water partition coefficient (Wildman–Crippen LogP) is 2.31. The lowest BCUT2D eigenvalue weighted by molar-refractivity contribution is 0.0561. The third kappa shape index (κ3) is 3.05. The summed E-state index contributed by atoms with van der Waals surface area (Å²) >= 11 is 7.50. The molecule has 0 bridgehead atoms. The fourth-order valence-corrected chi connectivity index (χ4v) is 0. The molecule has 0 fully saturated rings. The van der Waals surface area contributed by atoms with E-state index in [4.69, 9.17) is 0 Å². The van der Waals surface area contributed by atoms with Gasteiger partial charge in [-0.25, -0.2) is 4.39 Å². The Bertz CT molecular complexity index is 58.4. The van der Waals surface area contributed by atoms with Gasteiger partial charge in [-0.15, -0.1) is 0 Å². The van der Waals surface area contributed by atoms with Gasteiger partial charge in [0.1, 0.15) is 0 Å². The number of alkyl halides is 4. The minimum atomic E-state index is -3.82. The minimum Gasteiger partial charge on any atom is -0.222 e. The van der Waals surface area contributed by atoms with Gasteiger partial charge in [0.25, 0.3) is 0 Å². The smallest absolute Gasteiger partial charge is 0.222 e. The van der Waals surface area contributed by atoms with Crippen LogP contribution in [0.1, 0.15) is 0 Å². The Morgan fingerprint density at radius 2 is 1.71 bits per heavy atom. The van der Waals surface area contributed by atoms with Crippen molar-refractivity contribution >= 4 is 24.2 Å². The highest BCUT2D eigenvalue weighted by atomic mass is 35.5.